The molecular weight excluding hydrogens is 171 g/mol. The van der Waals surface area contributed by atoms with Crippen LogP contribution in [0.5, 0.6) is 0 Å². The third kappa shape index (κ3) is 2.91. The molecular formula is C9H19O2P. The minimum absolute atomic E-state index is 0.609. The first kappa shape index (κ1) is 10.3. The molecule has 1 saturated heterocycles. The summed E-state index contributed by atoms with van der Waals surface area (Å²) in [5, 5.41) is 0. The molecule has 0 aliphatic carbocycles. The molecule has 0 unspecified atom stereocenters. The summed E-state index contributed by atoms with van der Waals surface area (Å²) in [5.74, 6) is 0.609. The lowest BCUT2D eigenvalue weighted by Gasteiger charge is -2.11. The summed E-state index contributed by atoms with van der Waals surface area (Å²) in [4.78, 5) is 0. The Morgan fingerprint density at radius 2 is 2.33 bits per heavy atom. The molecule has 0 radical (unpaired) electrons. The molecule has 0 aromatic carbocycles. The average Bonchev–Trinajstić information content (AvgIpc) is 2.32. The lowest BCUT2D eigenvalue weighted by molar-refractivity contribution is 0.309. The van der Waals surface area contributed by atoms with Crippen LogP contribution < -0.4 is 0 Å². The smallest absolute Gasteiger partial charge is 0.203 e. The minimum Gasteiger partial charge on any atom is -0.328 e. The highest BCUT2D eigenvalue weighted by molar-refractivity contribution is 7.59. The molecule has 1 heterocycles. The van der Waals surface area contributed by atoms with Crippen molar-refractivity contribution in [2.75, 3.05) is 18.9 Å². The lowest BCUT2D eigenvalue weighted by Crippen LogP contribution is -1.96. The standard InChI is InChI=1S/C9H19O2P/c1-3-4-6-11-12(10)7-5-9(2)8-12/h9H,3-8H2,1-2H3/t9-,12+/m1/s1. The van der Waals surface area contributed by atoms with E-state index in [4.69, 9.17) is 4.52 Å². The predicted octanol–water partition coefficient (Wildman–Crippen LogP) is 3.12. The molecule has 0 amide bonds. The molecule has 1 rings (SSSR count). The van der Waals surface area contributed by atoms with Crippen molar-refractivity contribution in [2.24, 2.45) is 5.92 Å². The first-order valence-electron chi connectivity index (χ1n) is 4.89. The van der Waals surface area contributed by atoms with E-state index in [1.807, 2.05) is 0 Å². The summed E-state index contributed by atoms with van der Waals surface area (Å²) >= 11 is 0. The van der Waals surface area contributed by atoms with Gasteiger partial charge in [0.15, 0.2) is 0 Å². The van der Waals surface area contributed by atoms with Crippen molar-refractivity contribution in [3.63, 3.8) is 0 Å². The zero-order valence-corrected chi connectivity index (χ0v) is 8.98. The SMILES string of the molecule is CCCCO[P@@]1(=O)CC[C@@H](C)C1. The van der Waals surface area contributed by atoms with Crippen LogP contribution in [0.1, 0.15) is 33.1 Å². The topological polar surface area (TPSA) is 26.3 Å². The van der Waals surface area contributed by atoms with E-state index in [1.54, 1.807) is 0 Å². The molecule has 1 aliphatic rings. The molecule has 1 fully saturated rings. The van der Waals surface area contributed by atoms with Gasteiger partial charge in [-0.25, -0.2) is 0 Å². The van der Waals surface area contributed by atoms with E-state index in [0.717, 1.165) is 31.6 Å². The monoisotopic (exact) mass is 190 g/mol. The van der Waals surface area contributed by atoms with Crippen LogP contribution in [0, 0.1) is 5.92 Å². The van der Waals surface area contributed by atoms with Crippen LogP contribution in [0.15, 0.2) is 0 Å². The van der Waals surface area contributed by atoms with Crippen LogP contribution in [0.25, 0.3) is 0 Å². The normalized spacial score (nSPS) is 35.7. The van der Waals surface area contributed by atoms with Gasteiger partial charge in [0.05, 0.1) is 6.61 Å². The quantitative estimate of drug-likeness (QED) is 0.503. The summed E-state index contributed by atoms with van der Waals surface area (Å²) in [7, 11) is -2.16. The Hall–Kier alpha value is 0.190. The van der Waals surface area contributed by atoms with E-state index in [9.17, 15) is 4.57 Å². The fourth-order valence-electron chi connectivity index (χ4n) is 1.57. The van der Waals surface area contributed by atoms with Crippen LogP contribution in [-0.2, 0) is 9.09 Å². The van der Waals surface area contributed by atoms with Gasteiger partial charge in [0.2, 0.25) is 7.37 Å². The van der Waals surface area contributed by atoms with Gasteiger partial charge >= 0.3 is 0 Å². The molecule has 0 bridgehead atoms. The van der Waals surface area contributed by atoms with Crippen LogP contribution in [0.2, 0.25) is 0 Å². The van der Waals surface area contributed by atoms with Crippen LogP contribution in [-0.4, -0.2) is 18.9 Å². The maximum Gasteiger partial charge on any atom is 0.203 e. The number of hydrogen-bond acceptors (Lipinski definition) is 2. The fraction of sp³-hybridized carbons (Fsp3) is 1.00. The van der Waals surface area contributed by atoms with Crippen molar-refractivity contribution in [1.29, 1.82) is 0 Å². The zero-order chi connectivity index (χ0) is 9.03. The lowest BCUT2D eigenvalue weighted by atomic mass is 10.2. The second-order valence-electron chi connectivity index (χ2n) is 3.80. The average molecular weight is 190 g/mol. The van der Waals surface area contributed by atoms with Crippen molar-refractivity contribution in [2.45, 2.75) is 33.1 Å². The van der Waals surface area contributed by atoms with Gasteiger partial charge in [-0.3, -0.25) is 4.57 Å². The van der Waals surface area contributed by atoms with Gasteiger partial charge < -0.3 is 4.52 Å². The van der Waals surface area contributed by atoms with Gasteiger partial charge in [0.25, 0.3) is 0 Å². The molecule has 12 heavy (non-hydrogen) atoms. The molecule has 0 aromatic rings. The Labute approximate surface area is 75.1 Å². The maximum absolute atomic E-state index is 11.9. The van der Waals surface area contributed by atoms with Gasteiger partial charge in [-0.2, -0.15) is 0 Å². The highest BCUT2D eigenvalue weighted by Gasteiger charge is 2.32. The Bertz CT molecular complexity index is 179. The van der Waals surface area contributed by atoms with E-state index in [1.165, 1.54) is 0 Å². The van der Waals surface area contributed by atoms with E-state index in [2.05, 4.69) is 13.8 Å². The molecule has 1 aliphatic heterocycles. The second kappa shape index (κ2) is 4.43. The summed E-state index contributed by atoms with van der Waals surface area (Å²) in [6.45, 7) is 4.97. The highest BCUT2D eigenvalue weighted by atomic mass is 31.2. The third-order valence-electron chi connectivity index (χ3n) is 2.38. The fourth-order valence-corrected chi connectivity index (χ4v) is 4.41. The first-order chi connectivity index (χ1) is 5.66. The summed E-state index contributed by atoms with van der Waals surface area (Å²) in [6.07, 6.45) is 4.88. The molecule has 3 heteroatoms. The van der Waals surface area contributed by atoms with Gasteiger partial charge in [-0.15, -0.1) is 0 Å². The largest absolute Gasteiger partial charge is 0.328 e. The van der Waals surface area contributed by atoms with Crippen LogP contribution in [0.4, 0.5) is 0 Å². The zero-order valence-electron chi connectivity index (χ0n) is 8.08. The molecule has 72 valence electrons. The van der Waals surface area contributed by atoms with E-state index in [-0.39, 0.29) is 0 Å². The van der Waals surface area contributed by atoms with Crippen molar-refractivity contribution in [3.8, 4) is 0 Å². The Morgan fingerprint density at radius 1 is 1.58 bits per heavy atom. The van der Waals surface area contributed by atoms with Crippen molar-refractivity contribution in [1.82, 2.24) is 0 Å². The molecule has 0 aromatic heterocycles. The first-order valence-corrected chi connectivity index (χ1v) is 6.88. The van der Waals surface area contributed by atoms with Crippen LogP contribution >= 0.6 is 7.37 Å². The summed E-state index contributed by atoms with van der Waals surface area (Å²) in [5.41, 5.74) is 0. The second-order valence-corrected chi connectivity index (χ2v) is 6.50. The maximum atomic E-state index is 11.9. The van der Waals surface area contributed by atoms with Crippen molar-refractivity contribution >= 4 is 7.37 Å². The number of hydrogen-bond donors (Lipinski definition) is 0. The number of rotatable bonds is 4. The summed E-state index contributed by atoms with van der Waals surface area (Å²) in [6, 6.07) is 0. The van der Waals surface area contributed by atoms with Gasteiger partial charge in [0, 0.05) is 12.3 Å². The van der Waals surface area contributed by atoms with E-state index < -0.39 is 7.37 Å². The molecule has 0 saturated carbocycles. The van der Waals surface area contributed by atoms with E-state index >= 15 is 0 Å². The molecule has 2 atom stereocenters. The molecule has 2 nitrogen and oxygen atoms in total. The van der Waals surface area contributed by atoms with Crippen LogP contribution in [0.3, 0.4) is 0 Å². The van der Waals surface area contributed by atoms with Gasteiger partial charge in [0.1, 0.15) is 0 Å². The Balaban J connectivity index is 2.26. The van der Waals surface area contributed by atoms with Crippen molar-refractivity contribution < 1.29 is 9.09 Å². The van der Waals surface area contributed by atoms with Gasteiger partial charge in [-0.05, 0) is 18.8 Å². The summed E-state index contributed by atoms with van der Waals surface area (Å²) < 4.78 is 17.3. The number of unbranched alkanes of at least 4 members (excludes halogenated alkanes) is 1. The third-order valence-corrected chi connectivity index (χ3v) is 5.15. The molecule has 0 N–H and O–H groups in total. The molecule has 0 spiro atoms. The Morgan fingerprint density at radius 3 is 2.83 bits per heavy atom. The van der Waals surface area contributed by atoms with E-state index in [0.29, 0.717) is 12.5 Å². The minimum atomic E-state index is -2.16. The Kier molecular flexibility index (Phi) is 3.79. The predicted molar refractivity (Wildman–Crippen MR) is 52.0 cm³/mol. The highest BCUT2D eigenvalue weighted by Crippen LogP contribution is 2.54. The van der Waals surface area contributed by atoms with Crippen molar-refractivity contribution in [3.05, 3.63) is 0 Å². The van der Waals surface area contributed by atoms with Gasteiger partial charge in [-0.1, -0.05) is 20.3 Å².